The average Bonchev–Trinajstić information content (AvgIpc) is 2.44. The summed E-state index contributed by atoms with van der Waals surface area (Å²) >= 11 is 4.88. The molecule has 0 bridgehead atoms. The fourth-order valence-corrected chi connectivity index (χ4v) is 2.16. The van der Waals surface area contributed by atoms with Gasteiger partial charge in [-0.25, -0.2) is 4.39 Å². The summed E-state index contributed by atoms with van der Waals surface area (Å²) in [6, 6.07) is 11.3. The van der Waals surface area contributed by atoms with Crippen molar-refractivity contribution < 1.29 is 9.18 Å². The molecule has 2 rings (SSSR count). The molecule has 2 N–H and O–H groups in total. The van der Waals surface area contributed by atoms with Crippen LogP contribution in [0.2, 0.25) is 0 Å². The zero-order valence-electron chi connectivity index (χ0n) is 11.8. The van der Waals surface area contributed by atoms with Crippen LogP contribution >= 0.6 is 12.2 Å². The average molecular weight is 302 g/mol. The van der Waals surface area contributed by atoms with E-state index in [0.29, 0.717) is 21.8 Å². The number of thiocarbonyl (C=S) groups is 1. The van der Waals surface area contributed by atoms with Crippen LogP contribution in [-0.2, 0) is 0 Å². The largest absolute Gasteiger partial charge is 0.389 e. The summed E-state index contributed by atoms with van der Waals surface area (Å²) in [6.07, 6.45) is 0. The monoisotopic (exact) mass is 302 g/mol. The van der Waals surface area contributed by atoms with Gasteiger partial charge in [-0.2, -0.15) is 0 Å². The molecule has 2 aromatic carbocycles. The molecule has 3 nitrogen and oxygen atoms in total. The minimum Gasteiger partial charge on any atom is -0.389 e. The second-order valence-corrected chi connectivity index (χ2v) is 5.23. The van der Waals surface area contributed by atoms with E-state index >= 15 is 0 Å². The number of anilines is 1. The smallest absolute Gasteiger partial charge is 0.258 e. The molecular formula is C16H15FN2OS. The molecule has 5 heteroatoms. The van der Waals surface area contributed by atoms with Gasteiger partial charge in [0, 0.05) is 23.9 Å². The maximum atomic E-state index is 13.4. The van der Waals surface area contributed by atoms with Crippen LogP contribution in [0.15, 0.2) is 42.5 Å². The van der Waals surface area contributed by atoms with Crippen LogP contribution in [0.1, 0.15) is 21.5 Å². The lowest BCUT2D eigenvalue weighted by molar-refractivity contribution is 0.0992. The molecule has 0 aromatic heterocycles. The number of aryl methyl sites for hydroxylation is 1. The van der Waals surface area contributed by atoms with Crippen LogP contribution in [0.25, 0.3) is 0 Å². The fourth-order valence-electron chi connectivity index (χ4n) is 2.02. The standard InChI is InChI=1S/C16H15FN2OS/c1-10-7-12(9-13(17)8-10)16(20)19(2)14-5-3-11(4-6-14)15(18)21/h3-9H,1-2H3,(H2,18,21). The van der Waals surface area contributed by atoms with Crippen molar-refractivity contribution >= 4 is 28.8 Å². The first-order valence-corrected chi connectivity index (χ1v) is 6.74. The van der Waals surface area contributed by atoms with Gasteiger partial charge in [-0.05, 0) is 55.0 Å². The van der Waals surface area contributed by atoms with E-state index in [1.807, 2.05) is 0 Å². The summed E-state index contributed by atoms with van der Waals surface area (Å²) in [6.45, 7) is 1.75. The molecule has 0 atom stereocenters. The van der Waals surface area contributed by atoms with Crippen LogP contribution in [0, 0.1) is 12.7 Å². The first-order chi connectivity index (χ1) is 9.88. The van der Waals surface area contributed by atoms with E-state index in [0.717, 1.165) is 5.56 Å². The van der Waals surface area contributed by atoms with E-state index in [4.69, 9.17) is 18.0 Å². The Balaban J connectivity index is 2.28. The van der Waals surface area contributed by atoms with Crippen LogP contribution in [0.5, 0.6) is 0 Å². The van der Waals surface area contributed by atoms with Crippen molar-refractivity contribution in [3.05, 3.63) is 65.0 Å². The highest BCUT2D eigenvalue weighted by molar-refractivity contribution is 7.80. The minimum atomic E-state index is -0.421. The Bertz CT molecular complexity index is 678. The van der Waals surface area contributed by atoms with E-state index in [1.165, 1.54) is 17.0 Å². The highest BCUT2D eigenvalue weighted by atomic mass is 32.1. The maximum absolute atomic E-state index is 13.4. The van der Waals surface area contributed by atoms with Crippen LogP contribution < -0.4 is 10.6 Å². The van der Waals surface area contributed by atoms with Gasteiger partial charge in [0.1, 0.15) is 10.8 Å². The molecule has 108 valence electrons. The van der Waals surface area contributed by atoms with Crippen molar-refractivity contribution in [2.75, 3.05) is 11.9 Å². The lowest BCUT2D eigenvalue weighted by Gasteiger charge is -2.18. The third-order valence-electron chi connectivity index (χ3n) is 3.13. The molecule has 0 aliphatic heterocycles. The number of amides is 1. The Labute approximate surface area is 128 Å². The Morgan fingerprint density at radius 2 is 1.76 bits per heavy atom. The van der Waals surface area contributed by atoms with Gasteiger partial charge in [0.2, 0.25) is 0 Å². The Morgan fingerprint density at radius 1 is 1.14 bits per heavy atom. The molecule has 0 spiro atoms. The second kappa shape index (κ2) is 6.01. The molecule has 0 unspecified atom stereocenters. The molecule has 0 radical (unpaired) electrons. The zero-order chi connectivity index (χ0) is 15.6. The minimum absolute atomic E-state index is 0.277. The van der Waals surface area contributed by atoms with Crippen molar-refractivity contribution in [2.45, 2.75) is 6.92 Å². The topological polar surface area (TPSA) is 46.3 Å². The van der Waals surface area contributed by atoms with Crippen molar-refractivity contribution in [1.29, 1.82) is 0 Å². The predicted molar refractivity (Wildman–Crippen MR) is 86.2 cm³/mol. The van der Waals surface area contributed by atoms with Crippen molar-refractivity contribution in [2.24, 2.45) is 5.73 Å². The number of nitrogens with zero attached hydrogens (tertiary/aromatic N) is 1. The van der Waals surface area contributed by atoms with Gasteiger partial charge in [0.15, 0.2) is 0 Å². The summed E-state index contributed by atoms with van der Waals surface area (Å²) in [4.78, 5) is 14.1. The molecule has 0 aliphatic rings. The number of hydrogen-bond donors (Lipinski definition) is 1. The molecule has 0 aliphatic carbocycles. The summed E-state index contributed by atoms with van der Waals surface area (Å²) in [5, 5.41) is 0. The third-order valence-corrected chi connectivity index (χ3v) is 3.37. The molecule has 21 heavy (non-hydrogen) atoms. The van der Waals surface area contributed by atoms with Crippen LogP contribution in [-0.4, -0.2) is 17.9 Å². The van der Waals surface area contributed by atoms with E-state index in [-0.39, 0.29) is 5.91 Å². The Morgan fingerprint density at radius 3 is 2.29 bits per heavy atom. The summed E-state index contributed by atoms with van der Waals surface area (Å²) in [5.74, 6) is -0.698. The van der Waals surface area contributed by atoms with Crippen molar-refractivity contribution in [3.8, 4) is 0 Å². The molecule has 0 fully saturated rings. The molecule has 2 aromatic rings. The molecule has 1 amide bonds. The van der Waals surface area contributed by atoms with Gasteiger partial charge in [-0.1, -0.05) is 12.2 Å². The van der Waals surface area contributed by atoms with Crippen molar-refractivity contribution in [1.82, 2.24) is 0 Å². The highest BCUT2D eigenvalue weighted by Gasteiger charge is 2.14. The highest BCUT2D eigenvalue weighted by Crippen LogP contribution is 2.18. The van der Waals surface area contributed by atoms with Gasteiger partial charge in [0.05, 0.1) is 0 Å². The number of carbonyl (C=O) groups is 1. The predicted octanol–water partition coefficient (Wildman–Crippen LogP) is 3.04. The SMILES string of the molecule is Cc1cc(F)cc(C(=O)N(C)c2ccc(C(N)=S)cc2)c1. The third kappa shape index (κ3) is 3.44. The first-order valence-electron chi connectivity index (χ1n) is 6.33. The summed E-state index contributed by atoms with van der Waals surface area (Å²) in [7, 11) is 1.64. The number of halogens is 1. The lowest BCUT2D eigenvalue weighted by atomic mass is 10.1. The lowest BCUT2D eigenvalue weighted by Crippen LogP contribution is -2.26. The number of nitrogens with two attached hydrogens (primary N) is 1. The van der Waals surface area contributed by atoms with Gasteiger partial charge < -0.3 is 10.6 Å². The van der Waals surface area contributed by atoms with Crippen LogP contribution in [0.3, 0.4) is 0 Å². The van der Waals surface area contributed by atoms with Crippen molar-refractivity contribution in [3.63, 3.8) is 0 Å². The maximum Gasteiger partial charge on any atom is 0.258 e. The molecular weight excluding hydrogens is 287 g/mol. The summed E-state index contributed by atoms with van der Waals surface area (Å²) < 4.78 is 13.4. The Kier molecular flexibility index (Phi) is 4.33. The number of rotatable bonds is 3. The quantitative estimate of drug-likeness (QED) is 0.886. The Hall–Kier alpha value is -2.27. The summed E-state index contributed by atoms with van der Waals surface area (Å²) in [5.41, 5.74) is 7.97. The number of carbonyl (C=O) groups excluding carboxylic acids is 1. The van der Waals surface area contributed by atoms with E-state index < -0.39 is 5.82 Å². The number of benzene rings is 2. The molecule has 0 saturated heterocycles. The van der Waals surface area contributed by atoms with E-state index in [2.05, 4.69) is 0 Å². The van der Waals surface area contributed by atoms with Gasteiger partial charge in [-0.15, -0.1) is 0 Å². The van der Waals surface area contributed by atoms with Gasteiger partial charge in [-0.3, -0.25) is 4.79 Å². The van der Waals surface area contributed by atoms with E-state index in [9.17, 15) is 9.18 Å². The fraction of sp³-hybridized carbons (Fsp3) is 0.125. The second-order valence-electron chi connectivity index (χ2n) is 4.79. The molecule has 0 heterocycles. The molecule has 0 saturated carbocycles. The normalized spacial score (nSPS) is 10.2. The van der Waals surface area contributed by atoms with Gasteiger partial charge in [0.25, 0.3) is 5.91 Å². The first kappa shape index (κ1) is 15.1. The number of hydrogen-bond acceptors (Lipinski definition) is 2. The zero-order valence-corrected chi connectivity index (χ0v) is 12.6. The van der Waals surface area contributed by atoms with Gasteiger partial charge >= 0.3 is 0 Å². The van der Waals surface area contributed by atoms with E-state index in [1.54, 1.807) is 44.3 Å². The van der Waals surface area contributed by atoms with Crippen LogP contribution in [0.4, 0.5) is 10.1 Å².